The van der Waals surface area contributed by atoms with Crippen LogP contribution in [0, 0.1) is 0 Å². The van der Waals surface area contributed by atoms with Crippen LogP contribution in [0.3, 0.4) is 0 Å². The third-order valence-corrected chi connectivity index (χ3v) is 3.49. The molecule has 0 saturated carbocycles. The van der Waals surface area contributed by atoms with Crippen LogP contribution >= 0.6 is 11.3 Å². The molecule has 1 aliphatic rings. The lowest BCUT2D eigenvalue weighted by atomic mass is 9.94. The second-order valence-electron chi connectivity index (χ2n) is 3.39. The molecule has 2 nitrogen and oxygen atoms in total. The number of carbonyl (C=O) groups is 2. The van der Waals surface area contributed by atoms with Crippen LogP contribution in [0.25, 0.3) is 16.2 Å². The fourth-order valence-corrected chi connectivity index (χ4v) is 2.71. The first-order valence-electron chi connectivity index (χ1n) is 4.54. The smallest absolute Gasteiger partial charge is 0.233 e. The van der Waals surface area contributed by atoms with Crippen molar-refractivity contribution in [3.05, 3.63) is 40.8 Å². The molecular weight excluding hydrogens is 208 g/mol. The van der Waals surface area contributed by atoms with Gasteiger partial charge in [-0.05, 0) is 35.1 Å². The van der Waals surface area contributed by atoms with Crippen LogP contribution in [-0.4, -0.2) is 11.6 Å². The first-order valence-corrected chi connectivity index (χ1v) is 5.42. The van der Waals surface area contributed by atoms with E-state index in [0.29, 0.717) is 5.56 Å². The summed E-state index contributed by atoms with van der Waals surface area (Å²) in [7, 11) is 0. The molecule has 3 heteroatoms. The van der Waals surface area contributed by atoms with Gasteiger partial charge in [-0.25, -0.2) is 0 Å². The number of ketones is 2. The van der Waals surface area contributed by atoms with Crippen molar-refractivity contribution in [1.82, 2.24) is 0 Å². The molecule has 15 heavy (non-hydrogen) atoms. The number of thiophene rings is 1. The van der Waals surface area contributed by atoms with Gasteiger partial charge in [0.05, 0.1) is 0 Å². The Balaban J connectivity index is 2.44. The number of hydrogen-bond acceptors (Lipinski definition) is 3. The second kappa shape index (κ2) is 2.87. The zero-order valence-corrected chi connectivity index (χ0v) is 8.51. The van der Waals surface area contributed by atoms with Crippen LogP contribution in [0.1, 0.15) is 15.9 Å². The maximum atomic E-state index is 11.6. The van der Waals surface area contributed by atoms with Gasteiger partial charge in [-0.2, -0.15) is 0 Å². The Hall–Kier alpha value is -1.74. The van der Waals surface area contributed by atoms with Crippen molar-refractivity contribution in [1.29, 1.82) is 0 Å². The molecule has 1 heterocycles. The summed E-state index contributed by atoms with van der Waals surface area (Å²) < 4.78 is 1.07. The minimum atomic E-state index is -0.432. The standard InChI is InChI=1S/C12H6O2S/c13-10-4-3-9-8(11(10)14)2-1-7-5-6-15-12(7)9/h1-6H. The highest BCUT2D eigenvalue weighted by Gasteiger charge is 2.22. The van der Waals surface area contributed by atoms with E-state index in [1.165, 1.54) is 6.08 Å². The minimum Gasteiger partial charge on any atom is -0.286 e. The molecule has 3 rings (SSSR count). The summed E-state index contributed by atoms with van der Waals surface area (Å²) in [6.07, 6.45) is 3.09. The Morgan fingerprint density at radius 2 is 1.87 bits per heavy atom. The van der Waals surface area contributed by atoms with Crippen LogP contribution in [0.2, 0.25) is 0 Å². The van der Waals surface area contributed by atoms with Crippen molar-refractivity contribution < 1.29 is 9.59 Å². The summed E-state index contributed by atoms with van der Waals surface area (Å²) in [6.45, 7) is 0. The molecule has 2 aromatic rings. The minimum absolute atomic E-state index is 0.400. The topological polar surface area (TPSA) is 34.1 Å². The summed E-state index contributed by atoms with van der Waals surface area (Å²) in [5.41, 5.74) is 1.41. The fraction of sp³-hybridized carbons (Fsp3) is 0. The summed E-state index contributed by atoms with van der Waals surface area (Å²) >= 11 is 1.59. The van der Waals surface area contributed by atoms with E-state index in [1.54, 1.807) is 23.5 Å². The number of allylic oxidation sites excluding steroid dienone is 1. The van der Waals surface area contributed by atoms with Crippen LogP contribution in [0.5, 0.6) is 0 Å². The molecular formula is C12H6O2S. The van der Waals surface area contributed by atoms with Crippen LogP contribution in [0.15, 0.2) is 29.7 Å². The lowest BCUT2D eigenvalue weighted by molar-refractivity contribution is -0.110. The Labute approximate surface area is 89.8 Å². The van der Waals surface area contributed by atoms with Crippen molar-refractivity contribution in [2.24, 2.45) is 0 Å². The molecule has 0 amide bonds. The maximum absolute atomic E-state index is 11.6. The van der Waals surface area contributed by atoms with Crippen molar-refractivity contribution in [2.75, 3.05) is 0 Å². The summed E-state index contributed by atoms with van der Waals surface area (Å²) in [6, 6.07) is 5.62. The number of hydrogen-bond donors (Lipinski definition) is 0. The molecule has 0 spiro atoms. The average molecular weight is 214 g/mol. The zero-order chi connectivity index (χ0) is 10.4. The molecule has 0 bridgehead atoms. The van der Waals surface area contributed by atoms with Gasteiger partial charge in [-0.15, -0.1) is 11.3 Å². The first kappa shape index (κ1) is 8.56. The number of rotatable bonds is 0. The van der Waals surface area contributed by atoms with Gasteiger partial charge in [-0.1, -0.05) is 6.07 Å². The summed E-state index contributed by atoms with van der Waals surface area (Å²) in [5.74, 6) is -0.832. The Morgan fingerprint density at radius 3 is 2.73 bits per heavy atom. The van der Waals surface area contributed by atoms with Gasteiger partial charge in [0.15, 0.2) is 0 Å². The van der Waals surface area contributed by atoms with E-state index in [4.69, 9.17) is 0 Å². The fourth-order valence-electron chi connectivity index (χ4n) is 1.79. The van der Waals surface area contributed by atoms with E-state index in [2.05, 4.69) is 0 Å². The SMILES string of the molecule is O=C1C=Cc2c(ccc3ccsc23)C1=O. The van der Waals surface area contributed by atoms with Gasteiger partial charge in [-0.3, -0.25) is 9.59 Å². The maximum Gasteiger partial charge on any atom is 0.233 e. The zero-order valence-electron chi connectivity index (χ0n) is 7.69. The average Bonchev–Trinajstić information content (AvgIpc) is 2.71. The van der Waals surface area contributed by atoms with Gasteiger partial charge in [0, 0.05) is 15.8 Å². The molecule has 1 aliphatic carbocycles. The van der Waals surface area contributed by atoms with Gasteiger partial charge in [0.2, 0.25) is 11.6 Å². The highest BCUT2D eigenvalue weighted by atomic mass is 32.1. The van der Waals surface area contributed by atoms with Crippen molar-refractivity contribution in [2.45, 2.75) is 0 Å². The number of benzene rings is 1. The molecule has 0 fully saturated rings. The van der Waals surface area contributed by atoms with Gasteiger partial charge in [0.25, 0.3) is 0 Å². The van der Waals surface area contributed by atoms with Crippen LogP contribution in [-0.2, 0) is 4.79 Å². The largest absolute Gasteiger partial charge is 0.286 e. The third-order valence-electron chi connectivity index (χ3n) is 2.53. The predicted molar refractivity (Wildman–Crippen MR) is 60.2 cm³/mol. The second-order valence-corrected chi connectivity index (χ2v) is 4.31. The summed E-state index contributed by atoms with van der Waals surface area (Å²) in [4.78, 5) is 22.8. The highest BCUT2D eigenvalue weighted by molar-refractivity contribution is 7.17. The number of fused-ring (bicyclic) bond motifs is 3. The van der Waals surface area contributed by atoms with E-state index in [9.17, 15) is 9.59 Å². The van der Waals surface area contributed by atoms with Crippen LogP contribution < -0.4 is 0 Å². The normalized spacial score (nSPS) is 14.7. The van der Waals surface area contributed by atoms with E-state index in [1.807, 2.05) is 17.5 Å². The van der Waals surface area contributed by atoms with Gasteiger partial charge < -0.3 is 0 Å². The third kappa shape index (κ3) is 1.10. The van der Waals surface area contributed by atoms with Gasteiger partial charge in [0.1, 0.15) is 0 Å². The van der Waals surface area contributed by atoms with Crippen molar-refractivity contribution >= 4 is 39.1 Å². The van der Waals surface area contributed by atoms with Crippen molar-refractivity contribution in [3.63, 3.8) is 0 Å². The molecule has 0 N–H and O–H groups in total. The number of Topliss-reactive ketones (excluding diaryl/α,β-unsaturated/α-hetero) is 1. The van der Waals surface area contributed by atoms with E-state index >= 15 is 0 Å². The Morgan fingerprint density at radius 1 is 1.00 bits per heavy atom. The lowest BCUT2D eigenvalue weighted by Crippen LogP contribution is -2.15. The summed E-state index contributed by atoms with van der Waals surface area (Å²) in [5, 5.41) is 3.10. The quantitative estimate of drug-likeness (QED) is 0.632. The molecule has 0 unspecified atom stereocenters. The van der Waals surface area contributed by atoms with E-state index in [0.717, 1.165) is 15.6 Å². The predicted octanol–water partition coefficient (Wildman–Crippen LogP) is 2.68. The molecule has 0 radical (unpaired) electrons. The monoisotopic (exact) mass is 214 g/mol. The molecule has 0 aliphatic heterocycles. The van der Waals surface area contributed by atoms with E-state index in [-0.39, 0.29) is 0 Å². The first-order chi connectivity index (χ1) is 7.27. The molecule has 0 saturated heterocycles. The molecule has 72 valence electrons. The highest BCUT2D eigenvalue weighted by Crippen LogP contribution is 2.30. The number of carbonyl (C=O) groups excluding carboxylic acids is 2. The molecule has 1 aromatic carbocycles. The lowest BCUT2D eigenvalue weighted by Gasteiger charge is -2.08. The Bertz CT molecular complexity index is 620. The van der Waals surface area contributed by atoms with Gasteiger partial charge >= 0.3 is 0 Å². The van der Waals surface area contributed by atoms with Crippen molar-refractivity contribution in [3.8, 4) is 0 Å². The molecule has 0 atom stereocenters. The Kier molecular flexibility index (Phi) is 1.64. The van der Waals surface area contributed by atoms with E-state index < -0.39 is 11.6 Å². The van der Waals surface area contributed by atoms with Crippen LogP contribution in [0.4, 0.5) is 0 Å². The molecule has 1 aromatic heterocycles.